The van der Waals surface area contributed by atoms with Crippen LogP contribution in [-0.2, 0) is 12.4 Å². The zero-order valence-electron chi connectivity index (χ0n) is 22.0. The molecule has 0 aliphatic heterocycles. The van der Waals surface area contributed by atoms with Crippen molar-refractivity contribution in [3.63, 3.8) is 0 Å². The molecule has 1 aromatic heterocycles. The molecule has 5 rings (SSSR count). The number of nitrogens with one attached hydrogen (secondary N) is 2. The van der Waals surface area contributed by atoms with E-state index < -0.39 is 35.6 Å². The van der Waals surface area contributed by atoms with Crippen LogP contribution in [0.3, 0.4) is 0 Å². The minimum Gasteiger partial charge on any atom is -0.375 e. The van der Waals surface area contributed by atoms with Crippen molar-refractivity contribution in [3.8, 4) is 11.1 Å². The van der Waals surface area contributed by atoms with Crippen LogP contribution < -0.4 is 10.6 Å². The van der Waals surface area contributed by atoms with E-state index >= 15 is 0 Å². The molecule has 0 bridgehead atoms. The summed E-state index contributed by atoms with van der Waals surface area (Å²) in [6, 6.07) is 31.4. The number of nitrogens with zero attached hydrogens (tertiary/aromatic N) is 1. The van der Waals surface area contributed by atoms with Crippen molar-refractivity contribution >= 4 is 11.5 Å². The van der Waals surface area contributed by atoms with Crippen LogP contribution >= 0.6 is 0 Å². The zero-order chi connectivity index (χ0) is 29.7. The molecule has 0 aliphatic rings. The molecule has 2 N–H and O–H groups in total. The number of rotatable bonds is 8. The Kier molecular flexibility index (Phi) is 8.20. The molecule has 0 spiro atoms. The Morgan fingerprint density at radius 2 is 1.02 bits per heavy atom. The molecule has 0 fully saturated rings. The van der Waals surface area contributed by atoms with Crippen LogP contribution in [0.1, 0.15) is 34.3 Å². The van der Waals surface area contributed by atoms with Gasteiger partial charge in [-0.05, 0) is 53.1 Å². The minimum atomic E-state index is -4.96. The summed E-state index contributed by atoms with van der Waals surface area (Å²) in [6.45, 7) is 0. The molecule has 5 aromatic rings. The number of para-hydroxylation sites is 1. The summed E-state index contributed by atoms with van der Waals surface area (Å²) in [7, 11) is 0. The number of anilines is 2. The fourth-order valence-corrected chi connectivity index (χ4v) is 4.79. The lowest BCUT2D eigenvalue weighted by Crippen LogP contribution is -2.26. The first-order valence-corrected chi connectivity index (χ1v) is 13.0. The summed E-state index contributed by atoms with van der Waals surface area (Å²) in [5, 5.41) is 6.91. The second kappa shape index (κ2) is 12.0. The van der Waals surface area contributed by atoms with Crippen molar-refractivity contribution in [1.82, 2.24) is 4.98 Å². The van der Waals surface area contributed by atoms with Gasteiger partial charge in [-0.2, -0.15) is 26.3 Å². The van der Waals surface area contributed by atoms with Crippen LogP contribution in [0.15, 0.2) is 128 Å². The van der Waals surface area contributed by atoms with Gasteiger partial charge in [0.1, 0.15) is 5.82 Å². The van der Waals surface area contributed by atoms with E-state index in [-0.39, 0.29) is 17.2 Å². The average molecular weight is 578 g/mol. The van der Waals surface area contributed by atoms with Crippen molar-refractivity contribution < 1.29 is 26.3 Å². The SMILES string of the molecule is FC(F)(F)c1cc(-c2ccccc2N[C@@H](c2ccccc2)[C@@H](Nc2ccccn2)c2ccccc2)cc(C(F)(F)F)c1. The van der Waals surface area contributed by atoms with E-state index in [2.05, 4.69) is 15.6 Å². The molecule has 1 heterocycles. The van der Waals surface area contributed by atoms with Crippen LogP contribution in [0.25, 0.3) is 11.1 Å². The number of hydrogen-bond acceptors (Lipinski definition) is 3. The summed E-state index contributed by atoms with van der Waals surface area (Å²) in [4.78, 5) is 4.41. The zero-order valence-corrected chi connectivity index (χ0v) is 22.0. The molecule has 9 heteroatoms. The molecular formula is C33H25F6N3. The number of halogens is 6. The molecular weight excluding hydrogens is 552 g/mol. The van der Waals surface area contributed by atoms with Crippen molar-refractivity contribution in [2.45, 2.75) is 24.4 Å². The van der Waals surface area contributed by atoms with Gasteiger partial charge in [0.2, 0.25) is 0 Å². The highest BCUT2D eigenvalue weighted by Crippen LogP contribution is 2.42. The van der Waals surface area contributed by atoms with Crippen molar-refractivity contribution in [1.29, 1.82) is 0 Å². The molecule has 0 saturated carbocycles. The van der Waals surface area contributed by atoms with Crippen molar-refractivity contribution in [2.75, 3.05) is 10.6 Å². The minimum absolute atomic E-state index is 0.133. The predicted octanol–water partition coefficient (Wildman–Crippen LogP) is 9.79. The molecule has 0 saturated heterocycles. The highest BCUT2D eigenvalue weighted by Gasteiger charge is 2.37. The Balaban J connectivity index is 1.64. The second-order valence-electron chi connectivity index (χ2n) is 9.62. The van der Waals surface area contributed by atoms with E-state index in [0.29, 0.717) is 11.5 Å². The highest BCUT2D eigenvalue weighted by molar-refractivity contribution is 5.79. The quantitative estimate of drug-likeness (QED) is 0.180. The first-order chi connectivity index (χ1) is 20.1. The third-order valence-corrected chi connectivity index (χ3v) is 6.76. The topological polar surface area (TPSA) is 37.0 Å². The third kappa shape index (κ3) is 6.74. The van der Waals surface area contributed by atoms with E-state index in [9.17, 15) is 26.3 Å². The molecule has 3 nitrogen and oxygen atoms in total. The van der Waals surface area contributed by atoms with Gasteiger partial charge < -0.3 is 10.6 Å². The van der Waals surface area contributed by atoms with Crippen LogP contribution in [0.4, 0.5) is 37.8 Å². The molecule has 214 valence electrons. The van der Waals surface area contributed by atoms with Gasteiger partial charge in [-0.15, -0.1) is 0 Å². The molecule has 0 radical (unpaired) electrons. The molecule has 2 atom stereocenters. The summed E-state index contributed by atoms with van der Waals surface area (Å²) in [5.41, 5.74) is -0.672. The van der Waals surface area contributed by atoms with Gasteiger partial charge in [-0.3, -0.25) is 0 Å². The van der Waals surface area contributed by atoms with Gasteiger partial charge in [0.25, 0.3) is 0 Å². The lowest BCUT2D eigenvalue weighted by molar-refractivity contribution is -0.143. The smallest absolute Gasteiger partial charge is 0.375 e. The largest absolute Gasteiger partial charge is 0.416 e. The summed E-state index contributed by atoms with van der Waals surface area (Å²) < 4.78 is 82.1. The van der Waals surface area contributed by atoms with E-state index in [1.807, 2.05) is 72.8 Å². The van der Waals surface area contributed by atoms with Gasteiger partial charge in [0.15, 0.2) is 0 Å². The fraction of sp³-hybridized carbons (Fsp3) is 0.121. The Morgan fingerprint density at radius 1 is 0.524 bits per heavy atom. The van der Waals surface area contributed by atoms with Gasteiger partial charge in [0, 0.05) is 17.4 Å². The van der Waals surface area contributed by atoms with Crippen LogP contribution in [0.2, 0.25) is 0 Å². The number of alkyl halides is 6. The Morgan fingerprint density at radius 3 is 1.55 bits per heavy atom. The van der Waals surface area contributed by atoms with E-state index in [1.165, 1.54) is 6.07 Å². The first kappa shape index (κ1) is 28.7. The lowest BCUT2D eigenvalue weighted by atomic mass is 9.91. The number of pyridine rings is 1. The van der Waals surface area contributed by atoms with E-state index in [1.54, 1.807) is 30.5 Å². The van der Waals surface area contributed by atoms with Gasteiger partial charge >= 0.3 is 12.4 Å². The van der Waals surface area contributed by atoms with Gasteiger partial charge in [-0.1, -0.05) is 84.9 Å². The third-order valence-electron chi connectivity index (χ3n) is 6.76. The summed E-state index contributed by atoms with van der Waals surface area (Å²) >= 11 is 0. The average Bonchev–Trinajstić information content (AvgIpc) is 2.99. The van der Waals surface area contributed by atoms with E-state index in [0.717, 1.165) is 23.3 Å². The van der Waals surface area contributed by atoms with Crippen molar-refractivity contribution in [2.24, 2.45) is 0 Å². The first-order valence-electron chi connectivity index (χ1n) is 13.0. The lowest BCUT2D eigenvalue weighted by Gasteiger charge is -2.32. The van der Waals surface area contributed by atoms with Crippen LogP contribution in [0.5, 0.6) is 0 Å². The van der Waals surface area contributed by atoms with Crippen LogP contribution in [-0.4, -0.2) is 4.98 Å². The van der Waals surface area contributed by atoms with Crippen LogP contribution in [0, 0.1) is 0 Å². The molecule has 0 unspecified atom stereocenters. The second-order valence-corrected chi connectivity index (χ2v) is 9.62. The molecule has 42 heavy (non-hydrogen) atoms. The molecule has 0 amide bonds. The Hall–Kier alpha value is -4.79. The monoisotopic (exact) mass is 577 g/mol. The number of benzene rings is 4. The maximum atomic E-state index is 13.7. The Bertz CT molecular complexity index is 1570. The number of hydrogen-bond donors (Lipinski definition) is 2. The standard InChI is InChI=1S/C33H25F6N3/c34-32(35,36)25-19-24(20-26(21-25)33(37,38)39)27-15-7-8-16-28(27)41-30(22-11-3-1-4-12-22)31(23-13-5-2-6-14-23)42-29-17-9-10-18-40-29/h1-21,30-31,41H,(H,40,42)/t30-,31-/m0/s1. The van der Waals surface area contributed by atoms with Gasteiger partial charge in [0.05, 0.1) is 23.2 Å². The normalized spacial score (nSPS) is 13.3. The highest BCUT2D eigenvalue weighted by atomic mass is 19.4. The fourth-order valence-electron chi connectivity index (χ4n) is 4.79. The molecule has 4 aromatic carbocycles. The summed E-state index contributed by atoms with van der Waals surface area (Å²) in [5.74, 6) is 0.593. The maximum Gasteiger partial charge on any atom is 0.416 e. The number of aromatic nitrogens is 1. The maximum absolute atomic E-state index is 13.7. The van der Waals surface area contributed by atoms with Crippen molar-refractivity contribution in [3.05, 3.63) is 150 Å². The van der Waals surface area contributed by atoms with E-state index in [4.69, 9.17) is 0 Å². The summed E-state index contributed by atoms with van der Waals surface area (Å²) in [6.07, 6.45) is -8.28. The molecule has 0 aliphatic carbocycles. The Labute approximate surface area is 238 Å². The predicted molar refractivity (Wildman–Crippen MR) is 152 cm³/mol. The van der Waals surface area contributed by atoms with Gasteiger partial charge in [-0.25, -0.2) is 4.98 Å².